The summed E-state index contributed by atoms with van der Waals surface area (Å²) in [5, 5.41) is 20.5. The van der Waals surface area contributed by atoms with Crippen molar-refractivity contribution in [2.45, 2.75) is 37.0 Å². The number of methoxy groups -OCH3 is 1. The lowest BCUT2D eigenvalue weighted by Crippen LogP contribution is -2.47. The van der Waals surface area contributed by atoms with E-state index in [2.05, 4.69) is 17.0 Å². The van der Waals surface area contributed by atoms with Gasteiger partial charge < -0.3 is 14.9 Å². The number of likely N-dealkylation sites (tertiary alicyclic amines) is 1. The van der Waals surface area contributed by atoms with E-state index in [9.17, 15) is 15.0 Å². The third-order valence-electron chi connectivity index (χ3n) is 6.30. The second-order valence-electron chi connectivity index (χ2n) is 7.58. The molecule has 0 bridgehead atoms. The van der Waals surface area contributed by atoms with Gasteiger partial charge in [0, 0.05) is 19.1 Å². The molecule has 5 nitrogen and oxygen atoms in total. The SMILES string of the molecule is CO[C@H]1c2ccccc2C2(CCN(Cc3ccccc3C(=O)O)CC2)[C@@H]1O. The number of piperidine rings is 1. The first-order valence-electron chi connectivity index (χ1n) is 9.40. The predicted octanol–water partition coefficient (Wildman–Crippen LogP) is 2.98. The van der Waals surface area contributed by atoms with Crippen molar-refractivity contribution in [3.8, 4) is 0 Å². The molecule has 2 atom stereocenters. The van der Waals surface area contributed by atoms with Crippen molar-refractivity contribution in [1.82, 2.24) is 4.90 Å². The number of benzene rings is 2. The number of aliphatic hydroxyl groups excluding tert-OH is 1. The molecule has 1 heterocycles. The van der Waals surface area contributed by atoms with E-state index < -0.39 is 12.1 Å². The molecule has 1 aliphatic carbocycles. The van der Waals surface area contributed by atoms with Crippen LogP contribution in [-0.4, -0.2) is 47.4 Å². The van der Waals surface area contributed by atoms with Gasteiger partial charge in [-0.15, -0.1) is 0 Å². The molecular formula is C22H25NO4. The van der Waals surface area contributed by atoms with Crippen LogP contribution in [-0.2, 0) is 16.7 Å². The summed E-state index contributed by atoms with van der Waals surface area (Å²) in [7, 11) is 1.65. The van der Waals surface area contributed by atoms with E-state index in [1.165, 1.54) is 5.56 Å². The molecule has 142 valence electrons. The van der Waals surface area contributed by atoms with Crippen molar-refractivity contribution >= 4 is 5.97 Å². The summed E-state index contributed by atoms with van der Waals surface area (Å²) < 4.78 is 5.61. The third-order valence-corrected chi connectivity index (χ3v) is 6.30. The highest BCUT2D eigenvalue weighted by Crippen LogP contribution is 2.52. The fourth-order valence-corrected chi connectivity index (χ4v) is 4.86. The molecule has 2 N–H and O–H groups in total. The van der Waals surface area contributed by atoms with Crippen LogP contribution >= 0.6 is 0 Å². The number of hydrogen-bond donors (Lipinski definition) is 2. The van der Waals surface area contributed by atoms with Gasteiger partial charge in [0.1, 0.15) is 6.10 Å². The third kappa shape index (κ3) is 2.96. The van der Waals surface area contributed by atoms with E-state index in [0.717, 1.165) is 37.1 Å². The van der Waals surface area contributed by atoms with Crippen LogP contribution in [0.25, 0.3) is 0 Å². The maximum Gasteiger partial charge on any atom is 0.336 e. The molecule has 1 spiro atoms. The zero-order valence-electron chi connectivity index (χ0n) is 15.5. The topological polar surface area (TPSA) is 70.0 Å². The Labute approximate surface area is 159 Å². The second kappa shape index (κ2) is 7.08. The average molecular weight is 367 g/mol. The van der Waals surface area contributed by atoms with E-state index in [1.807, 2.05) is 24.3 Å². The molecule has 0 saturated carbocycles. The molecule has 0 aromatic heterocycles. The van der Waals surface area contributed by atoms with Crippen molar-refractivity contribution in [3.63, 3.8) is 0 Å². The van der Waals surface area contributed by atoms with E-state index >= 15 is 0 Å². The van der Waals surface area contributed by atoms with Gasteiger partial charge in [0.2, 0.25) is 0 Å². The van der Waals surface area contributed by atoms with Gasteiger partial charge in [-0.2, -0.15) is 0 Å². The number of fused-ring (bicyclic) bond motifs is 2. The Balaban J connectivity index is 1.54. The Hall–Kier alpha value is -2.21. The van der Waals surface area contributed by atoms with Crippen molar-refractivity contribution in [3.05, 3.63) is 70.8 Å². The molecular weight excluding hydrogens is 342 g/mol. The van der Waals surface area contributed by atoms with Crippen LogP contribution in [0.4, 0.5) is 0 Å². The number of hydrogen-bond acceptors (Lipinski definition) is 4. The number of rotatable bonds is 4. The van der Waals surface area contributed by atoms with Crippen LogP contribution in [0, 0.1) is 0 Å². The standard InChI is InChI=1S/C22H25NO4/c1-27-19-17-8-4-5-9-18(17)22(20(19)24)10-12-23(13-11-22)14-15-6-2-3-7-16(15)21(25)26/h2-9,19-20,24H,10-14H2,1H3,(H,25,26)/t19-,20+/m0/s1. The average Bonchev–Trinajstić information content (AvgIpc) is 2.92. The Kier molecular flexibility index (Phi) is 4.76. The fourth-order valence-electron chi connectivity index (χ4n) is 4.86. The molecule has 0 radical (unpaired) electrons. The quantitative estimate of drug-likeness (QED) is 0.869. The summed E-state index contributed by atoms with van der Waals surface area (Å²) in [6, 6.07) is 15.4. The van der Waals surface area contributed by atoms with Crippen molar-refractivity contribution in [2.24, 2.45) is 0 Å². The maximum absolute atomic E-state index is 11.5. The van der Waals surface area contributed by atoms with E-state index in [4.69, 9.17) is 4.74 Å². The molecule has 2 aromatic rings. The summed E-state index contributed by atoms with van der Waals surface area (Å²) >= 11 is 0. The summed E-state index contributed by atoms with van der Waals surface area (Å²) in [5.41, 5.74) is 3.22. The summed E-state index contributed by atoms with van der Waals surface area (Å²) in [6.45, 7) is 2.25. The molecule has 0 amide bonds. The number of aliphatic hydroxyl groups is 1. The normalized spacial score (nSPS) is 24.1. The highest BCUT2D eigenvalue weighted by atomic mass is 16.5. The molecule has 1 saturated heterocycles. The zero-order valence-corrected chi connectivity index (χ0v) is 15.5. The monoisotopic (exact) mass is 367 g/mol. The first-order valence-corrected chi connectivity index (χ1v) is 9.40. The lowest BCUT2D eigenvalue weighted by atomic mass is 9.72. The number of ether oxygens (including phenoxy) is 1. The van der Waals surface area contributed by atoms with Crippen LogP contribution < -0.4 is 0 Å². The number of aromatic carboxylic acids is 1. The molecule has 0 unspecified atom stereocenters. The number of carboxylic acid groups (broad SMARTS) is 1. The molecule has 4 rings (SSSR count). The number of nitrogens with zero attached hydrogens (tertiary/aromatic N) is 1. The maximum atomic E-state index is 11.5. The van der Waals surface area contributed by atoms with Crippen LogP contribution in [0.15, 0.2) is 48.5 Å². The highest BCUT2D eigenvalue weighted by molar-refractivity contribution is 5.89. The first-order chi connectivity index (χ1) is 13.1. The molecule has 1 aliphatic heterocycles. The Bertz CT molecular complexity index is 842. The zero-order chi connectivity index (χ0) is 19.0. The van der Waals surface area contributed by atoms with Crippen LogP contribution in [0.3, 0.4) is 0 Å². The lowest BCUT2D eigenvalue weighted by Gasteiger charge is -2.42. The van der Waals surface area contributed by atoms with Crippen molar-refractivity contribution < 1.29 is 19.7 Å². The van der Waals surface area contributed by atoms with Gasteiger partial charge in [0.05, 0.1) is 11.7 Å². The van der Waals surface area contributed by atoms with E-state index in [0.29, 0.717) is 12.1 Å². The van der Waals surface area contributed by atoms with E-state index in [1.54, 1.807) is 19.2 Å². The largest absolute Gasteiger partial charge is 0.478 e. The fraction of sp³-hybridized carbons (Fsp3) is 0.409. The van der Waals surface area contributed by atoms with Crippen LogP contribution in [0.1, 0.15) is 46.0 Å². The predicted molar refractivity (Wildman–Crippen MR) is 102 cm³/mol. The van der Waals surface area contributed by atoms with Gasteiger partial charge >= 0.3 is 5.97 Å². The minimum Gasteiger partial charge on any atom is -0.478 e. The Morgan fingerprint density at radius 3 is 2.52 bits per heavy atom. The van der Waals surface area contributed by atoms with Crippen LogP contribution in [0.2, 0.25) is 0 Å². The van der Waals surface area contributed by atoms with Crippen molar-refractivity contribution in [2.75, 3.05) is 20.2 Å². The molecule has 2 aromatic carbocycles. The lowest BCUT2D eigenvalue weighted by molar-refractivity contribution is -0.0551. The summed E-state index contributed by atoms with van der Waals surface area (Å²) in [5.74, 6) is -0.887. The minimum absolute atomic E-state index is 0.277. The van der Waals surface area contributed by atoms with Gasteiger partial charge in [-0.25, -0.2) is 4.79 Å². The Morgan fingerprint density at radius 1 is 1.15 bits per heavy atom. The first kappa shape index (κ1) is 18.2. The summed E-state index contributed by atoms with van der Waals surface area (Å²) in [4.78, 5) is 13.7. The molecule has 1 fully saturated rings. The number of carboxylic acids is 1. The van der Waals surface area contributed by atoms with E-state index in [-0.39, 0.29) is 11.5 Å². The number of carbonyl (C=O) groups is 1. The van der Waals surface area contributed by atoms with Gasteiger partial charge in [-0.1, -0.05) is 42.5 Å². The van der Waals surface area contributed by atoms with Gasteiger partial charge in [0.25, 0.3) is 0 Å². The highest BCUT2D eigenvalue weighted by Gasteiger charge is 2.52. The minimum atomic E-state index is -0.887. The van der Waals surface area contributed by atoms with Crippen molar-refractivity contribution in [1.29, 1.82) is 0 Å². The van der Waals surface area contributed by atoms with Gasteiger partial charge in [0.15, 0.2) is 0 Å². The summed E-state index contributed by atoms with van der Waals surface area (Å²) in [6.07, 6.45) is 0.842. The molecule has 2 aliphatic rings. The Morgan fingerprint density at radius 2 is 1.81 bits per heavy atom. The van der Waals surface area contributed by atoms with Gasteiger partial charge in [-0.05, 0) is 48.7 Å². The molecule has 27 heavy (non-hydrogen) atoms. The second-order valence-corrected chi connectivity index (χ2v) is 7.58. The molecule has 5 heteroatoms. The van der Waals surface area contributed by atoms with Crippen LogP contribution in [0.5, 0.6) is 0 Å². The smallest absolute Gasteiger partial charge is 0.336 e. The van der Waals surface area contributed by atoms with Gasteiger partial charge in [-0.3, -0.25) is 4.90 Å².